The van der Waals surface area contributed by atoms with Gasteiger partial charge in [-0.15, -0.1) is 0 Å². The first kappa shape index (κ1) is 44.0. The quantitative estimate of drug-likeness (QED) is 0.135. The molecule has 318 valence electrons. The number of hydrogen-bond donors (Lipinski definition) is 3. The minimum Gasteiger partial charge on any atom is -0.493 e. The Kier molecular flexibility index (Phi) is 14.3. The molecule has 1 saturated heterocycles. The van der Waals surface area contributed by atoms with Crippen molar-refractivity contribution in [1.82, 2.24) is 25.1 Å². The molecule has 6 aromatic rings. The zero-order valence-corrected chi connectivity index (χ0v) is 35.6. The van der Waals surface area contributed by atoms with E-state index in [9.17, 15) is 14.4 Å². The number of likely N-dealkylation sites (tertiary alicyclic amines) is 1. The summed E-state index contributed by atoms with van der Waals surface area (Å²) in [6, 6.07) is 26.1. The summed E-state index contributed by atoms with van der Waals surface area (Å²) in [4.78, 5) is 50.9. The number of benzene rings is 3. The van der Waals surface area contributed by atoms with E-state index in [4.69, 9.17) is 30.5 Å². The number of carbonyl (C=O) groups is 1. The van der Waals surface area contributed by atoms with Gasteiger partial charge in [-0.25, -0.2) is 9.94 Å². The third-order valence-electron chi connectivity index (χ3n) is 10.5. The number of likely N-dealkylation sites (N-methyl/N-ethyl adjacent to an activating group) is 1. The Bertz CT molecular complexity index is 2710. The van der Waals surface area contributed by atoms with Crippen LogP contribution in [-0.4, -0.2) is 91.3 Å². The lowest BCUT2D eigenvalue weighted by atomic mass is 9.79. The van der Waals surface area contributed by atoms with Crippen LogP contribution in [0, 0.1) is 13.5 Å². The number of amides is 1. The molecule has 0 saturated carbocycles. The first-order valence-corrected chi connectivity index (χ1v) is 19.7. The van der Waals surface area contributed by atoms with Gasteiger partial charge in [-0.2, -0.15) is 5.10 Å². The average molecular weight is 837 g/mol. The first-order chi connectivity index (χ1) is 30.0. The molecule has 3 aromatic heterocycles. The van der Waals surface area contributed by atoms with Crippen LogP contribution in [0.15, 0.2) is 112 Å². The number of fused-ring (bicyclic) bond motifs is 3. The number of carbonyl (C=O) groups excluding carboxylic acids is 1. The number of aromatic nitrogens is 4. The van der Waals surface area contributed by atoms with Gasteiger partial charge in [-0.1, -0.05) is 12.1 Å². The van der Waals surface area contributed by atoms with Crippen LogP contribution in [0.25, 0.3) is 27.2 Å². The Morgan fingerprint density at radius 2 is 1.47 bits per heavy atom. The molecular weight excluding hydrogens is 789 g/mol. The van der Waals surface area contributed by atoms with Crippen LogP contribution in [0.3, 0.4) is 0 Å². The number of anilines is 1. The molecule has 5 heterocycles. The highest BCUT2D eigenvalue weighted by atomic mass is 16.5. The predicted octanol–water partition coefficient (Wildman–Crippen LogP) is 7.05. The Morgan fingerprint density at radius 1 is 0.806 bits per heavy atom. The van der Waals surface area contributed by atoms with E-state index >= 15 is 0 Å². The standard InChI is InChI=1S/C23H27N3O3.C12H9N3O.C12H12N2O3/c1-14(27)24-16-7-5-15(6-8-16)23-18-12-22(29-4)21(28-3)11-17(18)19-13-26(2)10-9-20(19)25-23;1-8-10(9-3-5-14-6-4-9)7-11(13-2)12(16)15-8;1-16-10-5-3-8(7-11(10)17-2)9-4-6-12(15)14-13-9/h5-8,11-12,19-20H,9-10,13H2,1-4H3,(H,24,27);3-7H,1H3,(H,15,16);3-7H,1-2H3,(H,14,15)/t19-,20-;;/m0../s1. The maximum Gasteiger partial charge on any atom is 0.264 e. The van der Waals surface area contributed by atoms with Crippen LogP contribution in [0.1, 0.15) is 41.6 Å². The highest BCUT2D eigenvalue weighted by Gasteiger charge is 2.36. The first-order valence-electron chi connectivity index (χ1n) is 19.7. The summed E-state index contributed by atoms with van der Waals surface area (Å²) in [6.07, 6.45) is 4.39. The molecule has 2 atom stereocenters. The number of aromatic amines is 2. The molecule has 62 heavy (non-hydrogen) atoms. The molecular formula is C47H48N8O7. The summed E-state index contributed by atoms with van der Waals surface area (Å²) in [5.74, 6) is 2.99. The lowest BCUT2D eigenvalue weighted by molar-refractivity contribution is -0.114. The SMILES string of the molecule is COc1cc2c(cc1OC)[C@@H]1CN(C)CC[C@@H]1N=C2c1ccc(NC(C)=O)cc1.COc1ccc(-c2ccc(=O)[nH]n2)cc1OC.[C-]#[N+]c1cc(-c2ccncc2)c(C)[nH]c1=O. The monoisotopic (exact) mass is 836 g/mol. The second kappa shape index (κ2) is 20.1. The maximum absolute atomic E-state index is 11.4. The summed E-state index contributed by atoms with van der Waals surface area (Å²) in [7, 11) is 8.64. The van der Waals surface area contributed by atoms with Crippen LogP contribution in [-0.2, 0) is 4.79 Å². The number of nitrogens with zero attached hydrogens (tertiary/aromatic N) is 5. The predicted molar refractivity (Wildman–Crippen MR) is 239 cm³/mol. The highest BCUT2D eigenvalue weighted by Crippen LogP contribution is 2.42. The Balaban J connectivity index is 0.000000166. The number of pyridine rings is 2. The minimum atomic E-state index is -0.342. The molecule has 2 aliphatic rings. The van der Waals surface area contributed by atoms with E-state index in [-0.39, 0.29) is 28.8 Å². The van der Waals surface area contributed by atoms with Crippen molar-refractivity contribution in [3.63, 3.8) is 0 Å². The summed E-state index contributed by atoms with van der Waals surface area (Å²) in [5.41, 5.74) is 8.74. The average Bonchev–Trinajstić information content (AvgIpc) is 3.29. The maximum atomic E-state index is 11.4. The van der Waals surface area contributed by atoms with Gasteiger partial charge in [0, 0.05) is 65.9 Å². The number of rotatable bonds is 8. The van der Waals surface area contributed by atoms with Crippen molar-refractivity contribution < 1.29 is 23.7 Å². The number of piperidine rings is 1. The van der Waals surface area contributed by atoms with E-state index < -0.39 is 0 Å². The topological polar surface area (TPSA) is 177 Å². The van der Waals surface area contributed by atoms with Crippen LogP contribution in [0.2, 0.25) is 0 Å². The van der Waals surface area contributed by atoms with Crippen molar-refractivity contribution >= 4 is 23.0 Å². The van der Waals surface area contributed by atoms with Crippen LogP contribution < -0.4 is 35.4 Å². The summed E-state index contributed by atoms with van der Waals surface area (Å²) in [5, 5.41) is 9.15. The number of ether oxygens (including phenoxy) is 4. The van der Waals surface area contributed by atoms with Crippen molar-refractivity contribution in [1.29, 1.82) is 0 Å². The van der Waals surface area contributed by atoms with Gasteiger partial charge in [0.05, 0.1) is 52.5 Å². The van der Waals surface area contributed by atoms with Gasteiger partial charge in [-0.05, 0) is 110 Å². The summed E-state index contributed by atoms with van der Waals surface area (Å²) in [6.45, 7) is 12.2. The molecule has 15 nitrogen and oxygen atoms in total. The fourth-order valence-electron chi connectivity index (χ4n) is 7.38. The van der Waals surface area contributed by atoms with E-state index in [0.717, 1.165) is 70.2 Å². The van der Waals surface area contributed by atoms with Crippen molar-refractivity contribution in [2.24, 2.45) is 4.99 Å². The lowest BCUT2D eigenvalue weighted by Gasteiger charge is -2.39. The molecule has 0 aliphatic carbocycles. The molecule has 3 N–H and O–H groups in total. The van der Waals surface area contributed by atoms with Gasteiger partial charge in [0.1, 0.15) is 0 Å². The lowest BCUT2D eigenvalue weighted by Crippen LogP contribution is -2.41. The van der Waals surface area contributed by atoms with Gasteiger partial charge in [0.25, 0.3) is 16.8 Å². The second-order valence-electron chi connectivity index (χ2n) is 14.5. The molecule has 1 amide bonds. The number of hydrogen-bond acceptors (Lipinski definition) is 11. The fourth-order valence-corrected chi connectivity index (χ4v) is 7.38. The van der Waals surface area contributed by atoms with Gasteiger partial charge in [0.15, 0.2) is 23.0 Å². The molecule has 8 rings (SSSR count). The minimum absolute atomic E-state index is 0.0795. The van der Waals surface area contributed by atoms with E-state index in [1.165, 1.54) is 18.6 Å². The second-order valence-corrected chi connectivity index (χ2v) is 14.5. The number of methoxy groups -OCH3 is 4. The van der Waals surface area contributed by atoms with E-state index in [0.29, 0.717) is 28.9 Å². The van der Waals surface area contributed by atoms with Crippen molar-refractivity contribution in [3.8, 4) is 45.4 Å². The van der Waals surface area contributed by atoms with E-state index in [1.807, 2.05) is 55.5 Å². The fraction of sp³-hybridized carbons (Fsp3) is 0.255. The molecule has 0 radical (unpaired) electrons. The van der Waals surface area contributed by atoms with Crippen LogP contribution >= 0.6 is 0 Å². The molecule has 0 bridgehead atoms. The Labute approximate surface area is 359 Å². The van der Waals surface area contributed by atoms with Crippen molar-refractivity contribution in [2.75, 3.05) is 53.9 Å². The number of aliphatic imine (C=N–C) groups is 1. The van der Waals surface area contributed by atoms with Crippen LogP contribution in [0.4, 0.5) is 11.4 Å². The molecule has 3 aromatic carbocycles. The number of aryl methyl sites for hydroxylation is 1. The summed E-state index contributed by atoms with van der Waals surface area (Å²) >= 11 is 0. The molecule has 1 fully saturated rings. The van der Waals surface area contributed by atoms with E-state index in [1.54, 1.807) is 65.1 Å². The molecule has 0 spiro atoms. The molecule has 0 unspecified atom stereocenters. The van der Waals surface area contributed by atoms with Gasteiger partial charge >= 0.3 is 0 Å². The zero-order chi connectivity index (χ0) is 44.3. The summed E-state index contributed by atoms with van der Waals surface area (Å²) < 4.78 is 21.5. The molecule has 15 heteroatoms. The Hall–Kier alpha value is -7.57. The third-order valence-corrected chi connectivity index (χ3v) is 10.5. The smallest absolute Gasteiger partial charge is 0.264 e. The number of nitrogens with one attached hydrogen (secondary N) is 3. The molecule has 2 aliphatic heterocycles. The third kappa shape index (κ3) is 10.2. The normalized spacial score (nSPS) is 15.0. The van der Waals surface area contributed by atoms with Gasteiger partial charge in [-0.3, -0.25) is 24.4 Å². The van der Waals surface area contributed by atoms with Gasteiger partial charge < -0.3 is 34.1 Å². The number of H-pyrrole nitrogens is 2. The Morgan fingerprint density at radius 3 is 2.10 bits per heavy atom. The van der Waals surface area contributed by atoms with E-state index in [2.05, 4.69) is 48.3 Å². The van der Waals surface area contributed by atoms with Crippen LogP contribution in [0.5, 0.6) is 23.0 Å². The van der Waals surface area contributed by atoms with Gasteiger partial charge in [0.2, 0.25) is 5.91 Å². The van der Waals surface area contributed by atoms with Crippen molar-refractivity contribution in [2.45, 2.75) is 32.2 Å². The largest absolute Gasteiger partial charge is 0.493 e. The van der Waals surface area contributed by atoms with Crippen molar-refractivity contribution in [3.05, 3.63) is 152 Å². The zero-order valence-electron chi connectivity index (χ0n) is 35.6. The highest BCUT2D eigenvalue weighted by molar-refractivity contribution is 6.15.